The summed E-state index contributed by atoms with van der Waals surface area (Å²) in [6.07, 6.45) is 0. The molecule has 0 N–H and O–H groups in total. The van der Waals surface area contributed by atoms with Crippen LogP contribution in [0.5, 0.6) is 0 Å². The smallest absolute Gasteiger partial charge is 0.247 e. The van der Waals surface area contributed by atoms with Crippen LogP contribution in [0.3, 0.4) is 0 Å². The number of aromatic nitrogens is 2. The minimum absolute atomic E-state index is 0.0185. The third kappa shape index (κ3) is 3.91. The second-order valence-corrected chi connectivity index (χ2v) is 9.79. The Morgan fingerprint density at radius 2 is 1.40 bits per heavy atom. The number of benzene rings is 2. The van der Waals surface area contributed by atoms with Crippen LogP contribution in [0.1, 0.15) is 47.6 Å². The highest BCUT2D eigenvalue weighted by Crippen LogP contribution is 2.33. The summed E-state index contributed by atoms with van der Waals surface area (Å²) in [5.41, 5.74) is 5.51. The Morgan fingerprint density at radius 1 is 0.867 bits per heavy atom. The van der Waals surface area contributed by atoms with Crippen LogP contribution in [0.15, 0.2) is 39.6 Å². The molecule has 0 atom stereocenters. The fourth-order valence-corrected chi connectivity index (χ4v) is 5.81. The Balaban J connectivity index is 2.03. The van der Waals surface area contributed by atoms with Crippen molar-refractivity contribution in [2.75, 3.05) is 0 Å². The monoisotopic (exact) mass is 427 g/mol. The predicted octanol–water partition coefficient (Wildman–Crippen LogP) is 4.88. The molecule has 0 aliphatic carbocycles. The van der Waals surface area contributed by atoms with Crippen molar-refractivity contribution in [1.29, 1.82) is 0 Å². The number of nitrogens with zero attached hydrogens (tertiary/aromatic N) is 3. The van der Waals surface area contributed by atoms with Gasteiger partial charge in [-0.2, -0.15) is 4.31 Å². The van der Waals surface area contributed by atoms with Crippen LogP contribution in [-0.4, -0.2) is 29.0 Å². The van der Waals surface area contributed by atoms with Gasteiger partial charge in [-0.25, -0.2) is 8.42 Å². The van der Waals surface area contributed by atoms with E-state index in [9.17, 15) is 8.42 Å². The lowest BCUT2D eigenvalue weighted by atomic mass is 9.95. The van der Waals surface area contributed by atoms with Crippen molar-refractivity contribution < 1.29 is 12.8 Å². The summed E-state index contributed by atoms with van der Waals surface area (Å²) >= 11 is 0. The van der Waals surface area contributed by atoms with Crippen molar-refractivity contribution in [3.63, 3.8) is 0 Å². The topological polar surface area (TPSA) is 76.3 Å². The van der Waals surface area contributed by atoms with E-state index in [0.717, 1.165) is 33.4 Å². The lowest BCUT2D eigenvalue weighted by Crippen LogP contribution is -2.37. The van der Waals surface area contributed by atoms with Crippen LogP contribution in [0, 0.1) is 34.6 Å². The van der Waals surface area contributed by atoms with Gasteiger partial charge in [-0.1, -0.05) is 18.2 Å². The fourth-order valence-electron chi connectivity index (χ4n) is 3.66. The van der Waals surface area contributed by atoms with Gasteiger partial charge in [0.2, 0.25) is 21.8 Å². The molecule has 0 amide bonds. The van der Waals surface area contributed by atoms with Crippen molar-refractivity contribution in [1.82, 2.24) is 14.5 Å². The van der Waals surface area contributed by atoms with E-state index in [4.69, 9.17) is 4.42 Å². The molecule has 0 unspecified atom stereocenters. The highest BCUT2D eigenvalue weighted by Gasteiger charge is 2.33. The third-order valence-electron chi connectivity index (χ3n) is 5.85. The highest BCUT2D eigenvalue weighted by molar-refractivity contribution is 7.89. The summed E-state index contributed by atoms with van der Waals surface area (Å²) in [5.74, 6) is 0.642. The van der Waals surface area contributed by atoms with Gasteiger partial charge in [-0.3, -0.25) is 0 Å². The predicted molar refractivity (Wildman–Crippen MR) is 118 cm³/mol. The molecule has 1 aromatic heterocycles. The molecule has 0 aliphatic heterocycles. The minimum atomic E-state index is -3.77. The Morgan fingerprint density at radius 3 is 1.93 bits per heavy atom. The molecular formula is C23H29N3O3S. The van der Waals surface area contributed by atoms with Crippen molar-refractivity contribution in [3.05, 3.63) is 64.0 Å². The van der Waals surface area contributed by atoms with Gasteiger partial charge in [0.1, 0.15) is 0 Å². The SMILES string of the molecule is Cc1c(C)c(C)c(S(=O)(=O)N(Cc2nnc(-c3ccccc3)o2)C(C)C)c(C)c1C. The van der Waals surface area contributed by atoms with Crippen molar-refractivity contribution in [3.8, 4) is 11.5 Å². The van der Waals surface area contributed by atoms with E-state index in [1.807, 2.05) is 78.8 Å². The molecule has 0 spiro atoms. The molecule has 7 heteroatoms. The molecule has 1 heterocycles. The van der Waals surface area contributed by atoms with E-state index in [-0.39, 0.29) is 18.5 Å². The van der Waals surface area contributed by atoms with E-state index in [1.54, 1.807) is 0 Å². The quantitative estimate of drug-likeness (QED) is 0.560. The summed E-state index contributed by atoms with van der Waals surface area (Å²) in [6, 6.07) is 9.15. The Labute approximate surface area is 179 Å². The van der Waals surface area contributed by atoms with Crippen LogP contribution in [0.2, 0.25) is 0 Å². The average molecular weight is 428 g/mol. The zero-order valence-electron chi connectivity index (χ0n) is 18.6. The van der Waals surface area contributed by atoms with Gasteiger partial charge in [0.25, 0.3) is 0 Å². The standard InChI is InChI=1S/C23H29N3O3S/c1-14(2)26(13-21-24-25-23(29-21)20-11-9-8-10-12-20)30(27,28)22-18(6)16(4)15(3)17(5)19(22)7/h8-12,14H,13H2,1-7H3. The lowest BCUT2D eigenvalue weighted by molar-refractivity contribution is 0.312. The Bertz CT molecular complexity index is 1140. The molecule has 6 nitrogen and oxygen atoms in total. The van der Waals surface area contributed by atoms with Crippen molar-refractivity contribution in [2.45, 2.75) is 65.9 Å². The number of sulfonamides is 1. The van der Waals surface area contributed by atoms with E-state index in [1.165, 1.54) is 4.31 Å². The second-order valence-electron chi connectivity index (χ2n) is 7.97. The summed E-state index contributed by atoms with van der Waals surface area (Å²) in [4.78, 5) is 0.375. The summed E-state index contributed by atoms with van der Waals surface area (Å²) in [5, 5.41) is 8.18. The molecule has 3 rings (SSSR count). The molecule has 0 radical (unpaired) electrons. The molecule has 2 aromatic carbocycles. The average Bonchev–Trinajstić information content (AvgIpc) is 3.18. The van der Waals surface area contributed by atoms with E-state index in [0.29, 0.717) is 10.8 Å². The summed E-state index contributed by atoms with van der Waals surface area (Å²) in [6.45, 7) is 13.4. The fraction of sp³-hybridized carbons (Fsp3) is 0.391. The van der Waals surface area contributed by atoms with Gasteiger partial charge in [0, 0.05) is 11.6 Å². The van der Waals surface area contributed by atoms with Gasteiger partial charge in [-0.05, 0) is 88.4 Å². The Hall–Kier alpha value is -2.51. The van der Waals surface area contributed by atoms with Gasteiger partial charge in [0.15, 0.2) is 0 Å². The molecule has 0 bridgehead atoms. The molecule has 160 valence electrons. The number of hydrogen-bond donors (Lipinski definition) is 0. The van der Waals surface area contributed by atoms with Crippen molar-refractivity contribution in [2.24, 2.45) is 0 Å². The molecule has 0 fully saturated rings. The first-order valence-electron chi connectivity index (χ1n) is 10.0. The van der Waals surface area contributed by atoms with Gasteiger partial charge in [-0.15, -0.1) is 10.2 Å². The normalized spacial score (nSPS) is 12.2. The number of rotatable bonds is 6. The second kappa shape index (κ2) is 8.32. The molecular weight excluding hydrogens is 398 g/mol. The molecule has 0 saturated carbocycles. The lowest BCUT2D eigenvalue weighted by Gasteiger charge is -2.28. The number of hydrogen-bond acceptors (Lipinski definition) is 5. The van der Waals surface area contributed by atoms with Crippen LogP contribution < -0.4 is 0 Å². The Kier molecular flexibility index (Phi) is 6.15. The maximum absolute atomic E-state index is 13.7. The zero-order valence-corrected chi connectivity index (χ0v) is 19.5. The maximum atomic E-state index is 13.7. The van der Waals surface area contributed by atoms with E-state index in [2.05, 4.69) is 10.2 Å². The van der Waals surface area contributed by atoms with E-state index < -0.39 is 10.0 Å². The van der Waals surface area contributed by atoms with Crippen LogP contribution in [0.25, 0.3) is 11.5 Å². The largest absolute Gasteiger partial charge is 0.419 e. The highest BCUT2D eigenvalue weighted by atomic mass is 32.2. The van der Waals surface area contributed by atoms with Gasteiger partial charge in [0.05, 0.1) is 11.4 Å². The minimum Gasteiger partial charge on any atom is -0.419 e. The maximum Gasteiger partial charge on any atom is 0.247 e. The van der Waals surface area contributed by atoms with Crippen LogP contribution in [-0.2, 0) is 16.6 Å². The first-order chi connectivity index (χ1) is 14.1. The molecule has 30 heavy (non-hydrogen) atoms. The van der Waals surface area contributed by atoms with Gasteiger partial charge < -0.3 is 4.42 Å². The molecule has 3 aromatic rings. The van der Waals surface area contributed by atoms with Crippen LogP contribution >= 0.6 is 0 Å². The first kappa shape index (κ1) is 22.2. The molecule has 0 aliphatic rings. The van der Waals surface area contributed by atoms with Crippen molar-refractivity contribution >= 4 is 10.0 Å². The third-order valence-corrected chi connectivity index (χ3v) is 8.15. The summed E-state index contributed by atoms with van der Waals surface area (Å²) < 4.78 is 34.7. The van der Waals surface area contributed by atoms with Crippen LogP contribution in [0.4, 0.5) is 0 Å². The summed E-state index contributed by atoms with van der Waals surface area (Å²) in [7, 11) is -3.77. The van der Waals surface area contributed by atoms with Gasteiger partial charge >= 0.3 is 0 Å². The first-order valence-corrected chi connectivity index (χ1v) is 11.5. The zero-order chi connectivity index (χ0) is 22.2. The molecule has 0 saturated heterocycles. The van der Waals surface area contributed by atoms with E-state index >= 15 is 0 Å².